The SMILES string of the molecule is COc1ccc(C2=NO[C@H]3C(=O)N(c4ccc5c(c4)OCO5)C(=O)[C@@H]23)c(OC)c1. The number of hydrogen-bond donors (Lipinski definition) is 0. The van der Waals surface area contributed by atoms with E-state index in [2.05, 4.69) is 5.16 Å². The molecule has 0 bridgehead atoms. The van der Waals surface area contributed by atoms with Crippen LogP contribution >= 0.6 is 0 Å². The number of imide groups is 1. The Kier molecular flexibility index (Phi) is 3.83. The summed E-state index contributed by atoms with van der Waals surface area (Å²) in [5, 5.41) is 4.02. The average Bonchev–Trinajstić information content (AvgIpc) is 3.44. The van der Waals surface area contributed by atoms with Gasteiger partial charge >= 0.3 is 0 Å². The summed E-state index contributed by atoms with van der Waals surface area (Å²) < 4.78 is 21.3. The minimum atomic E-state index is -1.02. The molecule has 0 aromatic heterocycles. The van der Waals surface area contributed by atoms with Crippen LogP contribution in [0.2, 0.25) is 0 Å². The van der Waals surface area contributed by atoms with Crippen molar-refractivity contribution < 1.29 is 33.4 Å². The first-order chi connectivity index (χ1) is 14.1. The molecule has 9 heteroatoms. The summed E-state index contributed by atoms with van der Waals surface area (Å²) in [6.45, 7) is 0.100. The van der Waals surface area contributed by atoms with E-state index in [4.69, 9.17) is 23.8 Å². The van der Waals surface area contributed by atoms with Gasteiger partial charge in [0.05, 0.1) is 19.9 Å². The minimum Gasteiger partial charge on any atom is -0.497 e. The Morgan fingerprint density at radius 3 is 2.62 bits per heavy atom. The standard InChI is InChI=1S/C20H16N2O7/c1-25-11-4-5-12(14(8-11)26-2)17-16-18(29-21-17)20(24)22(19(16)23)10-3-6-13-15(7-10)28-9-27-13/h3-8,16,18H,9H2,1-2H3/t16-,18+/m0/s1. The second-order valence-corrected chi connectivity index (χ2v) is 6.60. The van der Waals surface area contributed by atoms with Gasteiger partial charge in [-0.3, -0.25) is 9.59 Å². The van der Waals surface area contributed by atoms with Crippen LogP contribution in [-0.2, 0) is 14.4 Å². The molecule has 0 spiro atoms. The van der Waals surface area contributed by atoms with E-state index in [1.54, 1.807) is 43.5 Å². The molecule has 3 aliphatic heterocycles. The van der Waals surface area contributed by atoms with Crippen molar-refractivity contribution in [3.8, 4) is 23.0 Å². The van der Waals surface area contributed by atoms with Crippen LogP contribution in [0.3, 0.4) is 0 Å². The molecule has 148 valence electrons. The van der Waals surface area contributed by atoms with Crippen LogP contribution < -0.4 is 23.8 Å². The quantitative estimate of drug-likeness (QED) is 0.726. The molecule has 1 saturated heterocycles. The Balaban J connectivity index is 1.51. The van der Waals surface area contributed by atoms with Crippen LogP contribution in [0.15, 0.2) is 41.6 Å². The maximum Gasteiger partial charge on any atom is 0.278 e. The third-order valence-electron chi connectivity index (χ3n) is 5.11. The number of anilines is 1. The van der Waals surface area contributed by atoms with Gasteiger partial charge in [0.15, 0.2) is 11.5 Å². The highest BCUT2D eigenvalue weighted by molar-refractivity contribution is 6.32. The molecule has 3 heterocycles. The van der Waals surface area contributed by atoms with Gasteiger partial charge in [0, 0.05) is 17.7 Å². The van der Waals surface area contributed by atoms with Crippen molar-refractivity contribution in [3.05, 3.63) is 42.0 Å². The average molecular weight is 396 g/mol. The monoisotopic (exact) mass is 396 g/mol. The van der Waals surface area contributed by atoms with E-state index in [1.165, 1.54) is 7.11 Å². The first-order valence-electron chi connectivity index (χ1n) is 8.86. The largest absolute Gasteiger partial charge is 0.497 e. The Morgan fingerprint density at radius 2 is 1.83 bits per heavy atom. The van der Waals surface area contributed by atoms with Gasteiger partial charge in [-0.25, -0.2) is 4.90 Å². The number of benzene rings is 2. The molecule has 0 aliphatic carbocycles. The fraction of sp³-hybridized carbons (Fsp3) is 0.250. The number of rotatable bonds is 4. The summed E-state index contributed by atoms with van der Waals surface area (Å²) in [5.41, 5.74) is 1.30. The summed E-state index contributed by atoms with van der Waals surface area (Å²) in [6.07, 6.45) is -1.02. The minimum absolute atomic E-state index is 0.100. The molecular formula is C20H16N2O7. The van der Waals surface area contributed by atoms with Crippen molar-refractivity contribution in [2.24, 2.45) is 11.1 Å². The number of fused-ring (bicyclic) bond motifs is 2. The number of carbonyl (C=O) groups excluding carboxylic acids is 2. The van der Waals surface area contributed by atoms with Gasteiger partial charge < -0.3 is 23.8 Å². The lowest BCUT2D eigenvalue weighted by Crippen LogP contribution is -2.33. The summed E-state index contributed by atoms with van der Waals surface area (Å²) in [5.74, 6) is 0.334. The van der Waals surface area contributed by atoms with Gasteiger partial charge in [-0.05, 0) is 24.3 Å². The number of ether oxygens (including phenoxy) is 4. The van der Waals surface area contributed by atoms with E-state index in [-0.39, 0.29) is 6.79 Å². The molecule has 5 rings (SSSR count). The van der Waals surface area contributed by atoms with Crippen molar-refractivity contribution in [2.45, 2.75) is 6.10 Å². The van der Waals surface area contributed by atoms with Crippen molar-refractivity contribution in [1.82, 2.24) is 0 Å². The summed E-state index contributed by atoms with van der Waals surface area (Å²) in [6, 6.07) is 10.0. The first-order valence-corrected chi connectivity index (χ1v) is 8.86. The summed E-state index contributed by atoms with van der Waals surface area (Å²) in [4.78, 5) is 32.6. The number of oxime groups is 1. The van der Waals surface area contributed by atoms with Gasteiger partial charge in [0.2, 0.25) is 18.8 Å². The molecule has 0 saturated carbocycles. The highest BCUT2D eigenvalue weighted by Crippen LogP contribution is 2.41. The molecule has 2 amide bonds. The zero-order valence-corrected chi connectivity index (χ0v) is 15.6. The lowest BCUT2D eigenvalue weighted by molar-refractivity contribution is -0.126. The molecule has 2 atom stereocenters. The molecule has 9 nitrogen and oxygen atoms in total. The van der Waals surface area contributed by atoms with Crippen LogP contribution in [0.25, 0.3) is 0 Å². The number of carbonyl (C=O) groups is 2. The fourth-order valence-electron chi connectivity index (χ4n) is 3.69. The lowest BCUT2D eigenvalue weighted by atomic mass is 9.93. The number of methoxy groups -OCH3 is 2. The van der Waals surface area contributed by atoms with Crippen molar-refractivity contribution >= 4 is 23.2 Å². The van der Waals surface area contributed by atoms with Crippen LogP contribution in [0.1, 0.15) is 5.56 Å². The van der Waals surface area contributed by atoms with Gasteiger partial charge in [-0.1, -0.05) is 5.16 Å². The Hall–Kier alpha value is -3.75. The summed E-state index contributed by atoms with van der Waals surface area (Å²) >= 11 is 0. The maximum absolute atomic E-state index is 13.2. The van der Waals surface area contributed by atoms with E-state index in [0.29, 0.717) is 40.0 Å². The third-order valence-corrected chi connectivity index (χ3v) is 5.11. The summed E-state index contributed by atoms with van der Waals surface area (Å²) in [7, 11) is 3.05. The zero-order valence-electron chi connectivity index (χ0n) is 15.6. The van der Waals surface area contributed by atoms with Crippen LogP contribution in [0.5, 0.6) is 23.0 Å². The van der Waals surface area contributed by atoms with Crippen molar-refractivity contribution in [1.29, 1.82) is 0 Å². The highest BCUT2D eigenvalue weighted by Gasteiger charge is 2.56. The third kappa shape index (κ3) is 2.50. The van der Waals surface area contributed by atoms with Gasteiger partial charge in [0.25, 0.3) is 5.91 Å². The number of nitrogens with zero attached hydrogens (tertiary/aromatic N) is 2. The smallest absolute Gasteiger partial charge is 0.278 e. The number of hydrogen-bond acceptors (Lipinski definition) is 8. The van der Waals surface area contributed by atoms with Gasteiger partial charge in [-0.2, -0.15) is 0 Å². The predicted molar refractivity (Wildman–Crippen MR) is 99.5 cm³/mol. The van der Waals surface area contributed by atoms with Crippen LogP contribution in [0, 0.1) is 5.92 Å². The molecule has 2 aromatic carbocycles. The van der Waals surface area contributed by atoms with Crippen LogP contribution in [-0.4, -0.2) is 44.6 Å². The maximum atomic E-state index is 13.2. The Labute approximate surface area is 165 Å². The van der Waals surface area contributed by atoms with E-state index in [0.717, 1.165) is 4.90 Å². The highest BCUT2D eigenvalue weighted by atomic mass is 16.7. The fourth-order valence-corrected chi connectivity index (χ4v) is 3.69. The molecule has 2 aromatic rings. The van der Waals surface area contributed by atoms with Crippen LogP contribution in [0.4, 0.5) is 5.69 Å². The van der Waals surface area contributed by atoms with Crippen molar-refractivity contribution in [2.75, 3.05) is 25.9 Å². The van der Waals surface area contributed by atoms with Crippen molar-refractivity contribution in [3.63, 3.8) is 0 Å². The molecule has 1 fully saturated rings. The Bertz CT molecular complexity index is 1060. The molecular weight excluding hydrogens is 380 g/mol. The second-order valence-electron chi connectivity index (χ2n) is 6.60. The molecule has 0 unspecified atom stereocenters. The zero-order chi connectivity index (χ0) is 20.1. The normalized spacial score (nSPS) is 21.7. The van der Waals surface area contributed by atoms with E-state index in [1.807, 2.05) is 0 Å². The predicted octanol–water partition coefficient (Wildman–Crippen LogP) is 1.72. The number of amides is 2. The van der Waals surface area contributed by atoms with Gasteiger partial charge in [0.1, 0.15) is 23.1 Å². The second kappa shape index (κ2) is 6.40. The topological polar surface area (TPSA) is 95.9 Å². The van der Waals surface area contributed by atoms with E-state index in [9.17, 15) is 9.59 Å². The van der Waals surface area contributed by atoms with E-state index < -0.39 is 23.8 Å². The first kappa shape index (κ1) is 17.4. The molecule has 0 N–H and O–H groups in total. The molecule has 3 aliphatic rings. The van der Waals surface area contributed by atoms with E-state index >= 15 is 0 Å². The lowest BCUT2D eigenvalue weighted by Gasteiger charge is -2.16. The molecule has 29 heavy (non-hydrogen) atoms. The molecule has 0 radical (unpaired) electrons. The Morgan fingerprint density at radius 1 is 1.00 bits per heavy atom. The van der Waals surface area contributed by atoms with Gasteiger partial charge in [-0.15, -0.1) is 0 Å².